The Morgan fingerprint density at radius 2 is 1.76 bits per heavy atom. The number of benzene rings is 1. The van der Waals surface area contributed by atoms with Gasteiger partial charge in [-0.3, -0.25) is 9.59 Å². The largest absolute Gasteiger partial charge is 0.378 e. The number of carbonyl (C=O) groups excluding carboxylic acids is 2. The number of nitrogens with one attached hydrogen (secondary N) is 2. The van der Waals surface area contributed by atoms with E-state index in [9.17, 15) is 9.59 Å². The number of nitrogens with zero attached hydrogens (tertiary/aromatic N) is 2. The molecule has 6 heteroatoms. The van der Waals surface area contributed by atoms with Crippen LogP contribution in [0.4, 0.5) is 17.2 Å². The maximum Gasteiger partial charge on any atom is 0.315 e. The molecule has 0 aliphatic heterocycles. The van der Waals surface area contributed by atoms with E-state index in [1.54, 1.807) is 30.3 Å². The van der Waals surface area contributed by atoms with E-state index < -0.39 is 11.8 Å². The zero-order valence-electron chi connectivity index (χ0n) is 11.8. The fourth-order valence-corrected chi connectivity index (χ4v) is 1.66. The van der Waals surface area contributed by atoms with Crippen LogP contribution < -0.4 is 15.5 Å². The molecule has 1 aromatic carbocycles. The van der Waals surface area contributed by atoms with E-state index in [1.165, 1.54) is 6.20 Å². The molecule has 0 saturated carbocycles. The molecule has 2 aromatic rings. The Morgan fingerprint density at radius 3 is 2.43 bits per heavy atom. The van der Waals surface area contributed by atoms with E-state index in [4.69, 9.17) is 0 Å². The molecular weight excluding hydrogens is 268 g/mol. The Hall–Kier alpha value is -2.89. The van der Waals surface area contributed by atoms with Gasteiger partial charge in [0.2, 0.25) is 0 Å². The lowest BCUT2D eigenvalue weighted by Gasteiger charge is -2.13. The van der Waals surface area contributed by atoms with Crippen molar-refractivity contribution in [2.75, 3.05) is 29.6 Å². The van der Waals surface area contributed by atoms with Crippen molar-refractivity contribution in [3.05, 3.63) is 48.7 Å². The average molecular weight is 284 g/mol. The number of hydrogen-bond acceptors (Lipinski definition) is 4. The zero-order valence-corrected chi connectivity index (χ0v) is 11.8. The van der Waals surface area contributed by atoms with Crippen LogP contribution in [0.15, 0.2) is 48.7 Å². The second-order valence-electron chi connectivity index (χ2n) is 4.57. The molecule has 0 unspecified atom stereocenters. The molecule has 21 heavy (non-hydrogen) atoms. The third-order valence-corrected chi connectivity index (χ3v) is 2.73. The molecule has 2 amide bonds. The van der Waals surface area contributed by atoms with Gasteiger partial charge in [0.1, 0.15) is 5.82 Å². The Labute approximate surface area is 122 Å². The number of amides is 2. The molecule has 108 valence electrons. The van der Waals surface area contributed by atoms with Crippen LogP contribution in [-0.2, 0) is 9.59 Å². The smallest absolute Gasteiger partial charge is 0.315 e. The molecule has 0 fully saturated rings. The van der Waals surface area contributed by atoms with Crippen molar-refractivity contribution in [1.29, 1.82) is 0 Å². The Kier molecular flexibility index (Phi) is 4.50. The lowest BCUT2D eigenvalue weighted by Crippen LogP contribution is -2.29. The summed E-state index contributed by atoms with van der Waals surface area (Å²) in [7, 11) is 3.80. The first-order valence-corrected chi connectivity index (χ1v) is 6.37. The molecule has 0 aliphatic carbocycles. The highest BCUT2D eigenvalue weighted by Gasteiger charge is 2.14. The molecular formula is C15H16N4O2. The van der Waals surface area contributed by atoms with Gasteiger partial charge in [-0.2, -0.15) is 0 Å². The van der Waals surface area contributed by atoms with Crippen LogP contribution >= 0.6 is 0 Å². The third kappa shape index (κ3) is 4.04. The van der Waals surface area contributed by atoms with Crippen LogP contribution in [0.25, 0.3) is 0 Å². The van der Waals surface area contributed by atoms with E-state index in [1.807, 2.05) is 31.1 Å². The minimum Gasteiger partial charge on any atom is -0.378 e. The molecule has 0 aliphatic rings. The highest BCUT2D eigenvalue weighted by Crippen LogP contribution is 2.17. The summed E-state index contributed by atoms with van der Waals surface area (Å²) in [6, 6.07) is 12.3. The minimum atomic E-state index is -0.760. The van der Waals surface area contributed by atoms with Crippen LogP contribution in [0.3, 0.4) is 0 Å². The third-order valence-electron chi connectivity index (χ3n) is 2.73. The predicted octanol–water partition coefficient (Wildman–Crippen LogP) is 1.72. The minimum absolute atomic E-state index is 0.333. The summed E-state index contributed by atoms with van der Waals surface area (Å²) in [6.07, 6.45) is 1.54. The molecule has 0 radical (unpaired) electrons. The molecule has 1 aromatic heterocycles. The van der Waals surface area contributed by atoms with Crippen LogP contribution in [-0.4, -0.2) is 30.9 Å². The average Bonchev–Trinajstić information content (AvgIpc) is 2.48. The van der Waals surface area contributed by atoms with Crippen LogP contribution in [0, 0.1) is 0 Å². The summed E-state index contributed by atoms with van der Waals surface area (Å²) in [5, 5.41) is 4.98. The highest BCUT2D eigenvalue weighted by molar-refractivity contribution is 6.43. The van der Waals surface area contributed by atoms with Crippen molar-refractivity contribution >= 4 is 29.0 Å². The first-order valence-electron chi connectivity index (χ1n) is 6.37. The standard InChI is InChI=1S/C15H16N4O2/c1-19(2)12-7-5-6-11(10-12)17-14(20)15(21)18-13-8-3-4-9-16-13/h3-10H,1-2H3,(H,17,20)(H,16,18,21). The van der Waals surface area contributed by atoms with Gasteiger partial charge >= 0.3 is 11.8 Å². The number of anilines is 3. The van der Waals surface area contributed by atoms with Gasteiger partial charge in [-0.1, -0.05) is 12.1 Å². The van der Waals surface area contributed by atoms with E-state index in [0.717, 1.165) is 5.69 Å². The molecule has 1 heterocycles. The molecule has 0 spiro atoms. The number of aromatic nitrogens is 1. The fraction of sp³-hybridized carbons (Fsp3) is 0.133. The van der Waals surface area contributed by atoms with Crippen molar-refractivity contribution in [2.45, 2.75) is 0 Å². The van der Waals surface area contributed by atoms with Crippen molar-refractivity contribution in [3.63, 3.8) is 0 Å². The van der Waals surface area contributed by atoms with Gasteiger partial charge in [0.15, 0.2) is 0 Å². The zero-order chi connectivity index (χ0) is 15.2. The lowest BCUT2D eigenvalue weighted by atomic mass is 10.2. The van der Waals surface area contributed by atoms with Gasteiger partial charge in [0, 0.05) is 31.7 Å². The topological polar surface area (TPSA) is 74.3 Å². The van der Waals surface area contributed by atoms with E-state index >= 15 is 0 Å². The van der Waals surface area contributed by atoms with E-state index in [2.05, 4.69) is 15.6 Å². The van der Waals surface area contributed by atoms with E-state index in [0.29, 0.717) is 11.5 Å². The number of rotatable bonds is 3. The summed E-state index contributed by atoms with van der Waals surface area (Å²) in [5.74, 6) is -1.17. The van der Waals surface area contributed by atoms with Crippen molar-refractivity contribution in [2.24, 2.45) is 0 Å². The SMILES string of the molecule is CN(C)c1cccc(NC(=O)C(=O)Nc2ccccn2)c1. The molecule has 2 rings (SSSR count). The monoisotopic (exact) mass is 284 g/mol. The van der Waals surface area contributed by atoms with Crippen molar-refractivity contribution < 1.29 is 9.59 Å². The molecule has 6 nitrogen and oxygen atoms in total. The highest BCUT2D eigenvalue weighted by atomic mass is 16.2. The van der Waals surface area contributed by atoms with Gasteiger partial charge < -0.3 is 15.5 Å². The fourth-order valence-electron chi connectivity index (χ4n) is 1.66. The quantitative estimate of drug-likeness (QED) is 0.842. The molecule has 2 N–H and O–H groups in total. The van der Waals surface area contributed by atoms with Crippen molar-refractivity contribution in [3.8, 4) is 0 Å². The van der Waals surface area contributed by atoms with Gasteiger partial charge in [-0.25, -0.2) is 4.98 Å². The molecule has 0 bridgehead atoms. The molecule has 0 atom stereocenters. The maximum absolute atomic E-state index is 11.8. The van der Waals surface area contributed by atoms with Gasteiger partial charge in [0.25, 0.3) is 0 Å². The van der Waals surface area contributed by atoms with Crippen molar-refractivity contribution in [1.82, 2.24) is 4.98 Å². The van der Waals surface area contributed by atoms with Gasteiger partial charge in [0.05, 0.1) is 0 Å². The van der Waals surface area contributed by atoms with Crippen LogP contribution in [0.5, 0.6) is 0 Å². The first-order chi connectivity index (χ1) is 10.1. The van der Waals surface area contributed by atoms with Crippen LogP contribution in [0.2, 0.25) is 0 Å². The second kappa shape index (κ2) is 6.51. The Morgan fingerprint density at radius 1 is 1.00 bits per heavy atom. The number of hydrogen-bond donors (Lipinski definition) is 2. The Balaban J connectivity index is 2.01. The lowest BCUT2D eigenvalue weighted by molar-refractivity contribution is -0.133. The maximum atomic E-state index is 11.8. The first kappa shape index (κ1) is 14.5. The number of pyridine rings is 1. The van der Waals surface area contributed by atoms with E-state index in [-0.39, 0.29) is 0 Å². The Bertz CT molecular complexity index is 641. The molecule has 0 saturated heterocycles. The second-order valence-corrected chi connectivity index (χ2v) is 4.57. The predicted molar refractivity (Wildman–Crippen MR) is 82.3 cm³/mol. The summed E-state index contributed by atoms with van der Waals surface area (Å²) < 4.78 is 0. The van der Waals surface area contributed by atoms with Crippen LogP contribution in [0.1, 0.15) is 0 Å². The number of carbonyl (C=O) groups is 2. The van der Waals surface area contributed by atoms with Gasteiger partial charge in [-0.05, 0) is 30.3 Å². The summed E-state index contributed by atoms with van der Waals surface area (Å²) in [4.78, 5) is 29.4. The summed E-state index contributed by atoms with van der Waals surface area (Å²) in [6.45, 7) is 0. The van der Waals surface area contributed by atoms with Gasteiger partial charge in [-0.15, -0.1) is 0 Å². The normalized spacial score (nSPS) is 9.81. The summed E-state index contributed by atoms with van der Waals surface area (Å²) in [5.41, 5.74) is 1.49. The summed E-state index contributed by atoms with van der Waals surface area (Å²) >= 11 is 0.